The van der Waals surface area contributed by atoms with Crippen molar-refractivity contribution in [2.75, 3.05) is 13.1 Å². The van der Waals surface area contributed by atoms with Crippen molar-refractivity contribution in [3.8, 4) is 28.3 Å². The van der Waals surface area contributed by atoms with E-state index in [9.17, 15) is 13.2 Å². The molecule has 33 heavy (non-hydrogen) atoms. The van der Waals surface area contributed by atoms with Gasteiger partial charge in [-0.05, 0) is 62.2 Å². The summed E-state index contributed by atoms with van der Waals surface area (Å²) in [6.45, 7) is 3.28. The minimum atomic E-state index is -4.51. The number of alkyl halides is 3. The zero-order valence-corrected chi connectivity index (χ0v) is 17.9. The first-order valence-corrected chi connectivity index (χ1v) is 10.7. The highest BCUT2D eigenvalue weighted by molar-refractivity contribution is 6.03. The highest BCUT2D eigenvalue weighted by Gasteiger charge is 2.33. The van der Waals surface area contributed by atoms with Gasteiger partial charge < -0.3 is 4.74 Å². The number of nitrogens with one attached hydrogen (secondary N) is 2. The minimum absolute atomic E-state index is 0.0683. The molecule has 1 atom stereocenters. The summed E-state index contributed by atoms with van der Waals surface area (Å²) in [7, 11) is 0. The van der Waals surface area contributed by atoms with Crippen LogP contribution in [0.2, 0.25) is 0 Å². The molecule has 2 aromatic heterocycles. The number of ether oxygens (including phenoxy) is 1. The average molecular weight is 453 g/mol. The van der Waals surface area contributed by atoms with Crippen molar-refractivity contribution in [3.05, 3.63) is 59.9 Å². The zero-order valence-electron chi connectivity index (χ0n) is 17.9. The summed E-state index contributed by atoms with van der Waals surface area (Å²) in [5, 5.41) is 9.27. The van der Waals surface area contributed by atoms with Gasteiger partial charge in [-0.1, -0.05) is 18.2 Å². The molecule has 6 nitrogen and oxygen atoms in total. The molecular formula is C24H22F3N5O. The maximum Gasteiger partial charge on any atom is 0.432 e. The van der Waals surface area contributed by atoms with Gasteiger partial charge in [0.2, 0.25) is 0 Å². The maximum atomic E-state index is 13.1. The predicted octanol–water partition coefficient (Wildman–Crippen LogP) is 5.10. The Hall–Kier alpha value is -3.46. The number of benzene rings is 1. The molecule has 0 radical (unpaired) electrons. The number of aromatic nitrogens is 3. The van der Waals surface area contributed by atoms with Crippen LogP contribution in [0.15, 0.2) is 53.5 Å². The number of aliphatic imine (C=N–C) groups is 1. The Morgan fingerprint density at radius 2 is 1.88 bits per heavy atom. The van der Waals surface area contributed by atoms with Crippen molar-refractivity contribution in [1.29, 1.82) is 0 Å². The lowest BCUT2D eigenvalue weighted by Crippen LogP contribution is -2.27. The maximum absolute atomic E-state index is 13.1. The molecule has 5 rings (SSSR count). The quantitative estimate of drug-likeness (QED) is 0.563. The van der Waals surface area contributed by atoms with E-state index in [2.05, 4.69) is 25.5 Å². The number of allylic oxidation sites excluding steroid dienone is 1. The van der Waals surface area contributed by atoms with Gasteiger partial charge in [-0.25, -0.2) is 4.98 Å². The molecule has 1 unspecified atom stereocenters. The van der Waals surface area contributed by atoms with Gasteiger partial charge in [-0.15, -0.1) is 0 Å². The summed E-state index contributed by atoms with van der Waals surface area (Å²) in [6, 6.07) is 12.3. The van der Waals surface area contributed by atoms with Crippen molar-refractivity contribution >= 4 is 11.3 Å². The van der Waals surface area contributed by atoms with E-state index in [1.165, 1.54) is 0 Å². The van der Waals surface area contributed by atoms with Gasteiger partial charge in [0.25, 0.3) is 0 Å². The SMILES string of the molecule is CC1=NCC(c2cc(-c3ccccc3OC3CCCN3)cc(-c3cc(C(F)(F)F)[nH]n3)n2)=C1. The number of pyridine rings is 1. The van der Waals surface area contributed by atoms with Crippen LogP contribution in [-0.4, -0.2) is 40.2 Å². The molecule has 0 saturated carbocycles. The third-order valence-corrected chi connectivity index (χ3v) is 5.66. The molecule has 1 fully saturated rings. The van der Waals surface area contributed by atoms with Gasteiger partial charge in [0, 0.05) is 16.8 Å². The number of para-hydroxylation sites is 1. The molecule has 2 aliphatic rings. The average Bonchev–Trinajstić information content (AvgIpc) is 3.55. The van der Waals surface area contributed by atoms with Crippen molar-refractivity contribution in [2.24, 2.45) is 4.99 Å². The highest BCUT2D eigenvalue weighted by atomic mass is 19.4. The van der Waals surface area contributed by atoms with E-state index >= 15 is 0 Å². The second kappa shape index (κ2) is 8.47. The van der Waals surface area contributed by atoms with E-state index in [-0.39, 0.29) is 11.9 Å². The van der Waals surface area contributed by atoms with Crippen LogP contribution in [0, 0.1) is 0 Å². The Morgan fingerprint density at radius 1 is 1.06 bits per heavy atom. The summed E-state index contributed by atoms with van der Waals surface area (Å²) in [6.07, 6.45) is -0.685. The molecule has 0 aliphatic carbocycles. The second-order valence-electron chi connectivity index (χ2n) is 8.12. The Bertz CT molecular complexity index is 1240. The first-order chi connectivity index (χ1) is 15.9. The molecule has 4 heterocycles. The number of H-pyrrole nitrogens is 1. The molecule has 2 aliphatic heterocycles. The fraction of sp³-hybridized carbons (Fsp3) is 0.292. The minimum Gasteiger partial charge on any atom is -0.475 e. The van der Waals surface area contributed by atoms with Crippen molar-refractivity contribution in [2.45, 2.75) is 32.2 Å². The van der Waals surface area contributed by atoms with Crippen LogP contribution in [0.3, 0.4) is 0 Å². The van der Waals surface area contributed by atoms with Crippen LogP contribution >= 0.6 is 0 Å². The molecule has 2 N–H and O–H groups in total. The molecule has 1 saturated heterocycles. The largest absolute Gasteiger partial charge is 0.475 e. The van der Waals surface area contributed by atoms with Crippen LogP contribution in [0.25, 0.3) is 28.1 Å². The third kappa shape index (κ3) is 4.54. The van der Waals surface area contributed by atoms with Gasteiger partial charge in [0.05, 0.1) is 17.9 Å². The lowest BCUT2D eigenvalue weighted by molar-refractivity contribution is -0.141. The molecule has 3 aromatic rings. The third-order valence-electron chi connectivity index (χ3n) is 5.66. The summed E-state index contributed by atoms with van der Waals surface area (Å²) in [5.41, 5.74) is 3.59. The summed E-state index contributed by atoms with van der Waals surface area (Å²) < 4.78 is 45.6. The van der Waals surface area contributed by atoms with Crippen LogP contribution in [-0.2, 0) is 6.18 Å². The Morgan fingerprint density at radius 3 is 2.58 bits per heavy atom. The van der Waals surface area contributed by atoms with E-state index < -0.39 is 11.9 Å². The topological polar surface area (TPSA) is 75.2 Å². The Balaban J connectivity index is 1.60. The molecule has 0 amide bonds. The second-order valence-corrected chi connectivity index (χ2v) is 8.12. The van der Waals surface area contributed by atoms with Crippen LogP contribution in [0.1, 0.15) is 31.2 Å². The lowest BCUT2D eigenvalue weighted by Gasteiger charge is -2.17. The van der Waals surface area contributed by atoms with Gasteiger partial charge >= 0.3 is 6.18 Å². The monoisotopic (exact) mass is 453 g/mol. The number of rotatable bonds is 5. The van der Waals surface area contributed by atoms with E-state index in [1.54, 1.807) is 6.07 Å². The molecule has 170 valence electrons. The Labute approximate surface area is 188 Å². The van der Waals surface area contributed by atoms with Crippen molar-refractivity contribution in [1.82, 2.24) is 20.5 Å². The molecular weight excluding hydrogens is 431 g/mol. The number of aromatic amines is 1. The van der Waals surface area contributed by atoms with Crippen molar-refractivity contribution in [3.63, 3.8) is 0 Å². The Kier molecular flexibility index (Phi) is 5.49. The van der Waals surface area contributed by atoms with E-state index in [0.29, 0.717) is 23.7 Å². The smallest absolute Gasteiger partial charge is 0.432 e. The lowest BCUT2D eigenvalue weighted by atomic mass is 10.0. The molecule has 1 aromatic carbocycles. The number of hydrogen-bond acceptors (Lipinski definition) is 5. The summed E-state index contributed by atoms with van der Waals surface area (Å²) >= 11 is 0. The van der Waals surface area contributed by atoms with Gasteiger partial charge in [0.1, 0.15) is 23.4 Å². The molecule has 0 spiro atoms. The highest BCUT2D eigenvalue weighted by Crippen LogP contribution is 2.36. The zero-order chi connectivity index (χ0) is 23.0. The predicted molar refractivity (Wildman–Crippen MR) is 120 cm³/mol. The number of halogens is 3. The first kappa shape index (κ1) is 21.4. The summed E-state index contributed by atoms with van der Waals surface area (Å²) in [4.78, 5) is 9.03. The fourth-order valence-corrected chi connectivity index (χ4v) is 4.00. The van der Waals surface area contributed by atoms with Gasteiger partial charge in [-0.3, -0.25) is 15.4 Å². The number of hydrogen-bond donors (Lipinski definition) is 2. The normalized spacial score (nSPS) is 18.4. The first-order valence-electron chi connectivity index (χ1n) is 10.7. The number of nitrogens with zero attached hydrogens (tertiary/aromatic N) is 3. The van der Waals surface area contributed by atoms with Crippen molar-refractivity contribution < 1.29 is 17.9 Å². The van der Waals surface area contributed by atoms with Gasteiger partial charge in [-0.2, -0.15) is 18.3 Å². The molecule has 0 bridgehead atoms. The van der Waals surface area contributed by atoms with Crippen LogP contribution < -0.4 is 10.1 Å². The van der Waals surface area contributed by atoms with E-state index in [1.807, 2.05) is 43.3 Å². The fourth-order valence-electron chi connectivity index (χ4n) is 4.00. The van der Waals surface area contributed by atoms with Gasteiger partial charge in [0.15, 0.2) is 0 Å². The van der Waals surface area contributed by atoms with E-state index in [4.69, 9.17) is 4.74 Å². The summed E-state index contributed by atoms with van der Waals surface area (Å²) in [5.74, 6) is 0.700. The van der Waals surface area contributed by atoms with Crippen LogP contribution in [0.5, 0.6) is 5.75 Å². The van der Waals surface area contributed by atoms with Crippen LogP contribution in [0.4, 0.5) is 13.2 Å². The molecule has 9 heteroatoms. The van der Waals surface area contributed by atoms with E-state index in [0.717, 1.165) is 47.9 Å². The standard InChI is InChI=1S/C24H22F3N5O/c1-14-9-16(13-29-14)18-10-15(11-19(30-18)20-12-22(32-31-20)24(25,26)27)17-5-2-3-6-21(17)33-23-7-4-8-28-23/h2-3,5-6,9-12,23,28H,4,7-8,13H2,1H3,(H,31,32).